The summed E-state index contributed by atoms with van der Waals surface area (Å²) in [7, 11) is 0. The van der Waals surface area contributed by atoms with E-state index in [0.29, 0.717) is 23.1 Å². The molecule has 0 saturated carbocycles. The van der Waals surface area contributed by atoms with Gasteiger partial charge in [0.15, 0.2) is 0 Å². The highest BCUT2D eigenvalue weighted by atomic mass is 19.1. The van der Waals surface area contributed by atoms with Crippen LogP contribution >= 0.6 is 0 Å². The van der Waals surface area contributed by atoms with E-state index in [4.69, 9.17) is 5.84 Å². The van der Waals surface area contributed by atoms with Crippen molar-refractivity contribution in [1.29, 1.82) is 0 Å². The molecule has 0 bridgehead atoms. The molecule has 0 amide bonds. The van der Waals surface area contributed by atoms with Crippen LogP contribution in [0, 0.1) is 12.7 Å². The first-order valence-electron chi connectivity index (χ1n) is 5.02. The van der Waals surface area contributed by atoms with Gasteiger partial charge in [0.05, 0.1) is 0 Å². The molecule has 0 unspecified atom stereocenters. The van der Waals surface area contributed by atoms with Gasteiger partial charge in [-0.15, -0.1) is 0 Å². The van der Waals surface area contributed by atoms with Gasteiger partial charge in [0.2, 0.25) is 0 Å². The maximum absolute atomic E-state index is 13.0. The van der Waals surface area contributed by atoms with Crippen LogP contribution in [0.2, 0.25) is 0 Å². The molecule has 1 aromatic carbocycles. The van der Waals surface area contributed by atoms with E-state index < -0.39 is 0 Å². The average Bonchev–Trinajstić information content (AvgIpc) is 2.28. The molecule has 0 spiro atoms. The fourth-order valence-electron chi connectivity index (χ4n) is 1.42. The van der Waals surface area contributed by atoms with Crippen molar-refractivity contribution in [3.05, 3.63) is 42.0 Å². The molecule has 4 N–H and O–H groups in total. The monoisotopic (exact) mass is 233 g/mol. The largest absolute Gasteiger partial charge is 0.340 e. The highest BCUT2D eigenvalue weighted by Gasteiger charge is 2.01. The van der Waals surface area contributed by atoms with Gasteiger partial charge < -0.3 is 10.7 Å². The van der Waals surface area contributed by atoms with Gasteiger partial charge in [-0.25, -0.2) is 20.2 Å². The van der Waals surface area contributed by atoms with E-state index >= 15 is 0 Å². The number of rotatable bonds is 3. The Bertz CT molecular complexity index is 529. The maximum atomic E-state index is 13.0. The summed E-state index contributed by atoms with van der Waals surface area (Å²) >= 11 is 0. The zero-order valence-corrected chi connectivity index (χ0v) is 9.24. The molecule has 6 heteroatoms. The molecule has 2 aromatic rings. The zero-order chi connectivity index (χ0) is 12.3. The van der Waals surface area contributed by atoms with Crippen molar-refractivity contribution in [2.75, 3.05) is 10.7 Å². The Balaban J connectivity index is 2.26. The van der Waals surface area contributed by atoms with Crippen LogP contribution in [0.3, 0.4) is 0 Å². The van der Waals surface area contributed by atoms with Gasteiger partial charge in [-0.05, 0) is 25.1 Å². The molecule has 5 nitrogen and oxygen atoms in total. The van der Waals surface area contributed by atoms with Gasteiger partial charge in [0.25, 0.3) is 0 Å². The van der Waals surface area contributed by atoms with Crippen molar-refractivity contribution in [3.63, 3.8) is 0 Å². The van der Waals surface area contributed by atoms with Gasteiger partial charge >= 0.3 is 0 Å². The molecule has 1 aromatic heterocycles. The van der Waals surface area contributed by atoms with Crippen molar-refractivity contribution in [2.45, 2.75) is 6.92 Å². The van der Waals surface area contributed by atoms with Crippen LogP contribution in [0.1, 0.15) is 5.82 Å². The van der Waals surface area contributed by atoms with Gasteiger partial charge in [0, 0.05) is 11.8 Å². The quantitative estimate of drug-likeness (QED) is 0.558. The molecule has 2 rings (SSSR count). The Morgan fingerprint density at radius 3 is 2.65 bits per heavy atom. The number of benzene rings is 1. The highest BCUT2D eigenvalue weighted by Crippen LogP contribution is 2.17. The van der Waals surface area contributed by atoms with Gasteiger partial charge in [-0.2, -0.15) is 0 Å². The number of nitrogens with zero attached hydrogens (tertiary/aromatic N) is 2. The van der Waals surface area contributed by atoms with E-state index in [2.05, 4.69) is 20.7 Å². The molecular weight excluding hydrogens is 221 g/mol. The summed E-state index contributed by atoms with van der Waals surface area (Å²) in [5.74, 6) is 6.59. The van der Waals surface area contributed by atoms with E-state index in [1.54, 1.807) is 25.1 Å². The fraction of sp³-hybridized carbons (Fsp3) is 0.0909. The highest BCUT2D eigenvalue weighted by molar-refractivity contribution is 5.58. The Morgan fingerprint density at radius 2 is 1.94 bits per heavy atom. The topological polar surface area (TPSA) is 75.9 Å². The van der Waals surface area contributed by atoms with Crippen LogP contribution in [0.25, 0.3) is 0 Å². The van der Waals surface area contributed by atoms with Crippen molar-refractivity contribution in [1.82, 2.24) is 9.97 Å². The predicted molar refractivity (Wildman–Crippen MR) is 64.3 cm³/mol. The van der Waals surface area contributed by atoms with Gasteiger partial charge in [0.1, 0.15) is 23.3 Å². The van der Waals surface area contributed by atoms with Crippen molar-refractivity contribution >= 4 is 17.3 Å². The minimum atomic E-state index is -0.307. The third kappa shape index (κ3) is 2.88. The van der Waals surface area contributed by atoms with Crippen LogP contribution in [0.15, 0.2) is 30.3 Å². The summed E-state index contributed by atoms with van der Waals surface area (Å²) in [6.07, 6.45) is 0. The van der Waals surface area contributed by atoms with Crippen LogP contribution in [-0.2, 0) is 0 Å². The second-order valence-corrected chi connectivity index (χ2v) is 3.47. The molecule has 0 aliphatic heterocycles. The first kappa shape index (κ1) is 11.3. The molecule has 0 radical (unpaired) electrons. The van der Waals surface area contributed by atoms with E-state index in [9.17, 15) is 4.39 Å². The summed E-state index contributed by atoms with van der Waals surface area (Å²) in [5.41, 5.74) is 3.06. The summed E-state index contributed by atoms with van der Waals surface area (Å²) in [4.78, 5) is 8.22. The van der Waals surface area contributed by atoms with Gasteiger partial charge in [-0.3, -0.25) is 0 Å². The molecule has 0 aliphatic rings. The Labute approximate surface area is 97.9 Å². The van der Waals surface area contributed by atoms with E-state index in [-0.39, 0.29) is 5.82 Å². The lowest BCUT2D eigenvalue weighted by molar-refractivity contribution is 0.628. The minimum absolute atomic E-state index is 0.307. The van der Waals surface area contributed by atoms with E-state index in [0.717, 1.165) is 0 Å². The fourth-order valence-corrected chi connectivity index (χ4v) is 1.42. The number of hydrogen-bond donors (Lipinski definition) is 3. The number of halogens is 1. The average molecular weight is 233 g/mol. The normalized spacial score (nSPS) is 10.1. The lowest BCUT2D eigenvalue weighted by Gasteiger charge is -2.08. The van der Waals surface area contributed by atoms with Crippen LogP contribution in [0.4, 0.5) is 21.7 Å². The van der Waals surface area contributed by atoms with Gasteiger partial charge in [-0.1, -0.05) is 6.07 Å². The van der Waals surface area contributed by atoms with Crippen LogP contribution in [0.5, 0.6) is 0 Å². The molecule has 17 heavy (non-hydrogen) atoms. The standard InChI is InChI=1S/C11H12FN5/c1-7-14-10(6-11(15-7)17-13)16-9-4-2-3-8(12)5-9/h2-6H,13H2,1H3,(H2,14,15,16,17). The molecular formula is C11H12FN5. The number of nitrogens with one attached hydrogen (secondary N) is 2. The first-order chi connectivity index (χ1) is 8.17. The smallest absolute Gasteiger partial charge is 0.145 e. The number of aryl methyl sites for hydroxylation is 1. The Morgan fingerprint density at radius 1 is 1.18 bits per heavy atom. The number of hydrogen-bond acceptors (Lipinski definition) is 5. The Hall–Kier alpha value is -2.21. The number of hydrazine groups is 1. The number of nitrogen functional groups attached to an aromatic ring is 1. The van der Waals surface area contributed by atoms with E-state index in [1.807, 2.05) is 0 Å². The summed E-state index contributed by atoms with van der Waals surface area (Å²) in [5, 5.41) is 2.97. The second-order valence-electron chi connectivity index (χ2n) is 3.47. The lowest BCUT2D eigenvalue weighted by atomic mass is 10.3. The summed E-state index contributed by atoms with van der Waals surface area (Å²) in [6, 6.07) is 7.76. The minimum Gasteiger partial charge on any atom is -0.340 e. The van der Waals surface area contributed by atoms with Crippen molar-refractivity contribution in [3.8, 4) is 0 Å². The Kier molecular flexibility index (Phi) is 3.15. The summed E-state index contributed by atoms with van der Waals surface area (Å²) in [6.45, 7) is 1.75. The number of nitrogens with two attached hydrogens (primary N) is 1. The lowest BCUT2D eigenvalue weighted by Crippen LogP contribution is -2.10. The molecule has 0 saturated heterocycles. The molecule has 88 valence electrons. The first-order valence-corrected chi connectivity index (χ1v) is 5.02. The number of anilines is 3. The molecule has 0 atom stereocenters. The molecule has 1 heterocycles. The molecule has 0 aliphatic carbocycles. The predicted octanol–water partition coefficient (Wildman–Crippen LogP) is 1.95. The molecule has 0 fully saturated rings. The van der Waals surface area contributed by atoms with Crippen LogP contribution < -0.4 is 16.6 Å². The third-order valence-corrected chi connectivity index (χ3v) is 2.08. The second kappa shape index (κ2) is 4.75. The SMILES string of the molecule is Cc1nc(NN)cc(Nc2cccc(F)c2)n1. The summed E-state index contributed by atoms with van der Waals surface area (Å²) < 4.78 is 13.0. The van der Waals surface area contributed by atoms with Crippen molar-refractivity contribution < 1.29 is 4.39 Å². The van der Waals surface area contributed by atoms with Crippen LogP contribution in [-0.4, -0.2) is 9.97 Å². The third-order valence-electron chi connectivity index (χ3n) is 2.08. The van der Waals surface area contributed by atoms with Crippen molar-refractivity contribution in [2.24, 2.45) is 5.84 Å². The maximum Gasteiger partial charge on any atom is 0.145 e. The van der Waals surface area contributed by atoms with E-state index in [1.165, 1.54) is 12.1 Å². The zero-order valence-electron chi connectivity index (χ0n) is 9.24. The number of aromatic nitrogens is 2.